The molecule has 5 nitrogen and oxygen atoms in total. The third-order valence-electron chi connectivity index (χ3n) is 4.38. The number of benzene rings is 1. The smallest absolute Gasteiger partial charge is 0.486 e. The summed E-state index contributed by atoms with van der Waals surface area (Å²) in [7, 11) is -0.592. The molecule has 1 aromatic rings. The monoisotopic (exact) mass is 290 g/mol. The zero-order chi connectivity index (χ0) is 15.3. The molecule has 1 saturated heterocycles. The number of fused-ring (bicyclic) bond motifs is 1. The van der Waals surface area contributed by atoms with Crippen LogP contribution < -0.4 is 14.9 Å². The summed E-state index contributed by atoms with van der Waals surface area (Å²) in [6, 6.07) is 3.46. The molecule has 0 unspecified atom stereocenters. The second kappa shape index (κ2) is 4.75. The third kappa shape index (κ3) is 2.32. The molecule has 0 aliphatic carbocycles. The van der Waals surface area contributed by atoms with E-state index in [0.29, 0.717) is 35.7 Å². The summed E-state index contributed by atoms with van der Waals surface area (Å²) in [5.74, 6) is 1.21. The molecule has 21 heavy (non-hydrogen) atoms. The molecule has 6 heteroatoms. The molecule has 112 valence electrons. The Hall–Kier alpha value is -1.53. The number of rotatable bonds is 2. The highest BCUT2D eigenvalue weighted by Gasteiger charge is 2.52. The van der Waals surface area contributed by atoms with E-state index in [0.717, 1.165) is 6.29 Å². The van der Waals surface area contributed by atoms with Crippen molar-refractivity contribution >= 4 is 18.9 Å². The second-order valence-electron chi connectivity index (χ2n) is 6.33. The van der Waals surface area contributed by atoms with Gasteiger partial charge >= 0.3 is 7.12 Å². The topological polar surface area (TPSA) is 54.0 Å². The lowest BCUT2D eigenvalue weighted by Gasteiger charge is -2.32. The summed E-state index contributed by atoms with van der Waals surface area (Å²) < 4.78 is 23.1. The molecule has 0 spiro atoms. The summed E-state index contributed by atoms with van der Waals surface area (Å²) in [4.78, 5) is 11.4. The molecule has 0 aromatic heterocycles. The quantitative estimate of drug-likeness (QED) is 0.611. The highest BCUT2D eigenvalue weighted by molar-refractivity contribution is 6.63. The van der Waals surface area contributed by atoms with Crippen molar-refractivity contribution in [1.82, 2.24) is 0 Å². The fourth-order valence-electron chi connectivity index (χ4n) is 2.40. The summed E-state index contributed by atoms with van der Waals surface area (Å²) in [6.07, 6.45) is 0.790. The minimum Gasteiger partial charge on any atom is -0.486 e. The number of carbonyl (C=O) groups is 1. The van der Waals surface area contributed by atoms with E-state index in [1.807, 2.05) is 27.7 Å². The van der Waals surface area contributed by atoms with Crippen molar-refractivity contribution in [3.05, 3.63) is 17.7 Å². The van der Waals surface area contributed by atoms with Gasteiger partial charge in [-0.15, -0.1) is 0 Å². The number of hydrogen-bond donors (Lipinski definition) is 0. The van der Waals surface area contributed by atoms with Crippen LogP contribution in [0.2, 0.25) is 0 Å². The Kier molecular flexibility index (Phi) is 3.26. The Morgan fingerprint density at radius 1 is 1.00 bits per heavy atom. The van der Waals surface area contributed by atoms with Crippen LogP contribution in [0.1, 0.15) is 38.1 Å². The Balaban J connectivity index is 2.01. The average Bonchev–Trinajstić information content (AvgIpc) is 2.66. The van der Waals surface area contributed by atoms with Crippen LogP contribution in [0.4, 0.5) is 0 Å². The summed E-state index contributed by atoms with van der Waals surface area (Å²) >= 11 is 0. The number of hydrogen-bond acceptors (Lipinski definition) is 5. The van der Waals surface area contributed by atoms with Crippen LogP contribution in [0.3, 0.4) is 0 Å². The van der Waals surface area contributed by atoms with E-state index in [1.54, 1.807) is 12.1 Å². The Morgan fingerprint density at radius 3 is 2.05 bits per heavy atom. The highest BCUT2D eigenvalue weighted by Crippen LogP contribution is 2.38. The lowest BCUT2D eigenvalue weighted by molar-refractivity contribution is 0.00578. The maximum Gasteiger partial charge on any atom is 0.495 e. The van der Waals surface area contributed by atoms with Gasteiger partial charge in [-0.1, -0.05) is 0 Å². The zero-order valence-electron chi connectivity index (χ0n) is 12.8. The fraction of sp³-hybridized carbons (Fsp3) is 0.533. The zero-order valence-corrected chi connectivity index (χ0v) is 12.8. The van der Waals surface area contributed by atoms with Crippen molar-refractivity contribution in [3.8, 4) is 11.5 Å². The molecule has 2 aliphatic rings. The highest BCUT2D eigenvalue weighted by atomic mass is 16.7. The van der Waals surface area contributed by atoms with Gasteiger partial charge in [0.25, 0.3) is 0 Å². The lowest BCUT2D eigenvalue weighted by Crippen LogP contribution is -2.41. The Morgan fingerprint density at radius 2 is 1.52 bits per heavy atom. The van der Waals surface area contributed by atoms with Crippen molar-refractivity contribution in [2.75, 3.05) is 13.2 Å². The van der Waals surface area contributed by atoms with E-state index < -0.39 is 18.3 Å². The fourth-order valence-corrected chi connectivity index (χ4v) is 2.40. The van der Waals surface area contributed by atoms with Gasteiger partial charge in [-0.3, -0.25) is 4.79 Å². The molecule has 0 radical (unpaired) electrons. The molecule has 2 heterocycles. The third-order valence-corrected chi connectivity index (χ3v) is 4.38. The number of ether oxygens (including phenoxy) is 2. The summed E-state index contributed by atoms with van der Waals surface area (Å²) in [6.45, 7) is 8.89. The van der Waals surface area contributed by atoms with Crippen LogP contribution in [-0.2, 0) is 9.31 Å². The van der Waals surface area contributed by atoms with Crippen molar-refractivity contribution in [3.63, 3.8) is 0 Å². The van der Waals surface area contributed by atoms with Gasteiger partial charge in [-0.25, -0.2) is 0 Å². The average molecular weight is 290 g/mol. The van der Waals surface area contributed by atoms with Crippen LogP contribution >= 0.6 is 0 Å². The van der Waals surface area contributed by atoms with Crippen molar-refractivity contribution in [1.29, 1.82) is 0 Å². The van der Waals surface area contributed by atoms with E-state index in [9.17, 15) is 4.79 Å². The predicted octanol–water partition coefficient (Wildman–Crippen LogP) is 1.57. The Labute approximate surface area is 124 Å². The molecule has 1 aromatic carbocycles. The SMILES string of the molecule is CC1(C)OB(c2cc3c(cc2C=O)OCCO3)OC1(C)C. The number of aldehydes is 1. The second-order valence-corrected chi connectivity index (χ2v) is 6.33. The summed E-state index contributed by atoms with van der Waals surface area (Å²) in [5, 5.41) is 0. The van der Waals surface area contributed by atoms with Crippen LogP contribution in [-0.4, -0.2) is 37.8 Å². The molecule has 0 bridgehead atoms. The first-order valence-electron chi connectivity index (χ1n) is 7.08. The Bertz CT molecular complexity index is 566. The maximum atomic E-state index is 11.4. The normalized spacial score (nSPS) is 22.2. The van der Waals surface area contributed by atoms with Gasteiger partial charge < -0.3 is 18.8 Å². The molecule has 2 aliphatic heterocycles. The largest absolute Gasteiger partial charge is 0.495 e. The van der Waals surface area contributed by atoms with E-state index in [1.165, 1.54) is 0 Å². The van der Waals surface area contributed by atoms with Crippen molar-refractivity contribution in [2.24, 2.45) is 0 Å². The van der Waals surface area contributed by atoms with Gasteiger partial charge in [0.15, 0.2) is 11.5 Å². The van der Waals surface area contributed by atoms with Gasteiger partial charge in [0.1, 0.15) is 19.5 Å². The standard InChI is InChI=1S/C15H19BO5/c1-14(2)15(3,4)21-16(20-14)11-8-13-12(7-10(11)9-17)18-5-6-19-13/h7-9H,5-6H2,1-4H3. The summed E-state index contributed by atoms with van der Waals surface area (Å²) in [5.41, 5.74) is 0.265. The molecule has 1 fully saturated rings. The maximum absolute atomic E-state index is 11.4. The molecule has 0 N–H and O–H groups in total. The van der Waals surface area contributed by atoms with E-state index in [-0.39, 0.29) is 0 Å². The van der Waals surface area contributed by atoms with Gasteiger partial charge in [0.05, 0.1) is 11.2 Å². The van der Waals surface area contributed by atoms with Gasteiger partial charge in [-0.05, 0) is 45.3 Å². The molecule has 3 rings (SSSR count). The van der Waals surface area contributed by atoms with Crippen molar-refractivity contribution in [2.45, 2.75) is 38.9 Å². The first-order valence-corrected chi connectivity index (χ1v) is 7.08. The minimum atomic E-state index is -0.592. The lowest BCUT2D eigenvalue weighted by atomic mass is 9.76. The van der Waals surface area contributed by atoms with E-state index >= 15 is 0 Å². The minimum absolute atomic E-state index is 0.453. The van der Waals surface area contributed by atoms with Gasteiger partial charge in [0, 0.05) is 5.56 Å². The first-order chi connectivity index (χ1) is 9.84. The van der Waals surface area contributed by atoms with Crippen LogP contribution in [0.15, 0.2) is 12.1 Å². The molecular formula is C15H19BO5. The van der Waals surface area contributed by atoms with Crippen LogP contribution in [0, 0.1) is 0 Å². The van der Waals surface area contributed by atoms with Gasteiger partial charge in [-0.2, -0.15) is 0 Å². The van der Waals surface area contributed by atoms with Gasteiger partial charge in [0.2, 0.25) is 0 Å². The molecule has 0 atom stereocenters. The molecule has 0 amide bonds. The van der Waals surface area contributed by atoms with Crippen LogP contribution in [0.5, 0.6) is 11.5 Å². The predicted molar refractivity (Wildman–Crippen MR) is 78.5 cm³/mol. The molecular weight excluding hydrogens is 271 g/mol. The molecule has 0 saturated carbocycles. The van der Waals surface area contributed by atoms with E-state index in [4.69, 9.17) is 18.8 Å². The van der Waals surface area contributed by atoms with Crippen LogP contribution in [0.25, 0.3) is 0 Å². The first kappa shape index (κ1) is 14.4. The number of carbonyl (C=O) groups excluding carboxylic acids is 1. The van der Waals surface area contributed by atoms with E-state index in [2.05, 4.69) is 0 Å². The van der Waals surface area contributed by atoms with Crippen molar-refractivity contribution < 1.29 is 23.6 Å².